The van der Waals surface area contributed by atoms with Crippen molar-refractivity contribution >= 4 is 35.3 Å². The zero-order valence-corrected chi connectivity index (χ0v) is 14.0. The van der Waals surface area contributed by atoms with Gasteiger partial charge in [-0.3, -0.25) is 14.5 Å². The Morgan fingerprint density at radius 2 is 2.17 bits per heavy atom. The first-order valence-corrected chi connectivity index (χ1v) is 7.52. The molecule has 0 radical (unpaired) electrons. The maximum absolute atomic E-state index is 12.2. The molecule has 0 spiro atoms. The molecule has 122 valence electrons. The summed E-state index contributed by atoms with van der Waals surface area (Å²) < 4.78 is 10.3. The molecule has 0 bridgehead atoms. The molecular weight excluding hydrogens is 316 g/mol. The van der Waals surface area contributed by atoms with Crippen molar-refractivity contribution in [2.75, 3.05) is 13.7 Å². The van der Waals surface area contributed by atoms with E-state index < -0.39 is 0 Å². The summed E-state index contributed by atoms with van der Waals surface area (Å²) in [4.78, 5) is 24.7. The Morgan fingerprint density at radius 1 is 1.43 bits per heavy atom. The molecule has 0 saturated carbocycles. The highest BCUT2D eigenvalue weighted by molar-refractivity contribution is 7.80. The zero-order valence-electron chi connectivity index (χ0n) is 13.2. The van der Waals surface area contributed by atoms with E-state index in [1.807, 2.05) is 13.0 Å². The van der Waals surface area contributed by atoms with Crippen molar-refractivity contribution in [2.24, 2.45) is 0 Å². The highest BCUT2D eigenvalue weighted by Gasteiger charge is 2.28. The van der Waals surface area contributed by atoms with Crippen molar-refractivity contribution in [3.63, 3.8) is 0 Å². The number of amides is 1. The van der Waals surface area contributed by atoms with Crippen LogP contribution in [0.3, 0.4) is 0 Å². The number of hydrogen-bond donors (Lipinski definition) is 1. The lowest BCUT2D eigenvalue weighted by atomic mass is 10.1. The minimum absolute atomic E-state index is 0.108. The van der Waals surface area contributed by atoms with Crippen LogP contribution in [-0.2, 0) is 20.9 Å². The summed E-state index contributed by atoms with van der Waals surface area (Å²) in [5.74, 6) is 0.0899. The van der Waals surface area contributed by atoms with Gasteiger partial charge in [-0.2, -0.15) is 0 Å². The van der Waals surface area contributed by atoms with E-state index in [2.05, 4.69) is 5.32 Å². The highest BCUT2D eigenvalue weighted by Crippen LogP contribution is 2.23. The lowest BCUT2D eigenvalue weighted by molar-refractivity contribution is -0.142. The van der Waals surface area contributed by atoms with Crippen molar-refractivity contribution in [1.82, 2.24) is 10.2 Å². The molecule has 1 heterocycles. The van der Waals surface area contributed by atoms with Gasteiger partial charge in [-0.1, -0.05) is 6.07 Å². The number of ether oxygens (including phenoxy) is 2. The molecular formula is C16H18N2O4S. The summed E-state index contributed by atoms with van der Waals surface area (Å²) >= 11 is 5.12. The SMILES string of the molecule is CCN1C(=O)/C(=C/c2ccc(OC)c(COC(C)=O)c2)NC1=S. The molecule has 0 aromatic heterocycles. The molecule has 1 aliphatic rings. The molecule has 1 fully saturated rings. The van der Waals surface area contributed by atoms with Gasteiger partial charge in [0.1, 0.15) is 18.1 Å². The average Bonchev–Trinajstić information content (AvgIpc) is 2.79. The fourth-order valence-electron chi connectivity index (χ4n) is 2.21. The molecule has 1 amide bonds. The maximum Gasteiger partial charge on any atom is 0.302 e. The van der Waals surface area contributed by atoms with Crippen molar-refractivity contribution in [1.29, 1.82) is 0 Å². The predicted molar refractivity (Wildman–Crippen MR) is 89.6 cm³/mol. The van der Waals surface area contributed by atoms with Crippen LogP contribution in [0.15, 0.2) is 23.9 Å². The minimum Gasteiger partial charge on any atom is -0.496 e. The van der Waals surface area contributed by atoms with Crippen LogP contribution in [0.25, 0.3) is 6.08 Å². The third-order valence-electron chi connectivity index (χ3n) is 3.32. The number of benzene rings is 1. The lowest BCUT2D eigenvalue weighted by Gasteiger charge is -2.10. The summed E-state index contributed by atoms with van der Waals surface area (Å²) in [6.45, 7) is 3.83. The third kappa shape index (κ3) is 3.87. The van der Waals surface area contributed by atoms with Crippen LogP contribution in [0.2, 0.25) is 0 Å². The standard InChI is InChI=1S/C16H18N2O4S/c1-4-18-15(20)13(17-16(18)23)8-11-5-6-14(21-3)12(7-11)9-22-10(2)19/h5-8H,4,9H2,1-3H3,(H,17,23)/b13-8-. The van der Waals surface area contributed by atoms with Crippen molar-refractivity contribution in [3.05, 3.63) is 35.0 Å². The van der Waals surface area contributed by atoms with E-state index >= 15 is 0 Å². The fourth-order valence-corrected chi connectivity index (χ4v) is 2.53. The van der Waals surface area contributed by atoms with Crippen LogP contribution >= 0.6 is 12.2 Å². The Balaban J connectivity index is 2.28. The molecule has 1 aromatic rings. The highest BCUT2D eigenvalue weighted by atomic mass is 32.1. The second kappa shape index (κ2) is 7.23. The summed E-state index contributed by atoms with van der Waals surface area (Å²) in [5, 5.41) is 3.30. The van der Waals surface area contributed by atoms with Gasteiger partial charge >= 0.3 is 5.97 Å². The minimum atomic E-state index is -0.368. The topological polar surface area (TPSA) is 67.9 Å². The second-order valence-corrected chi connectivity index (χ2v) is 5.28. The van der Waals surface area contributed by atoms with Crippen LogP contribution < -0.4 is 10.1 Å². The van der Waals surface area contributed by atoms with Crippen molar-refractivity contribution < 1.29 is 19.1 Å². The van der Waals surface area contributed by atoms with Gasteiger partial charge in [0, 0.05) is 19.0 Å². The van der Waals surface area contributed by atoms with Gasteiger partial charge in [-0.05, 0) is 42.9 Å². The third-order valence-corrected chi connectivity index (χ3v) is 3.65. The number of methoxy groups -OCH3 is 1. The summed E-state index contributed by atoms with van der Waals surface area (Å²) in [7, 11) is 1.55. The molecule has 0 atom stereocenters. The lowest BCUT2D eigenvalue weighted by Crippen LogP contribution is -2.30. The van der Waals surface area contributed by atoms with Crippen LogP contribution in [0.1, 0.15) is 25.0 Å². The number of rotatable bonds is 5. The van der Waals surface area contributed by atoms with E-state index in [1.165, 1.54) is 11.8 Å². The molecule has 1 aromatic carbocycles. The van der Waals surface area contributed by atoms with E-state index in [-0.39, 0.29) is 18.5 Å². The Morgan fingerprint density at radius 3 is 2.74 bits per heavy atom. The van der Waals surface area contributed by atoms with Crippen LogP contribution in [0.4, 0.5) is 0 Å². The second-order valence-electron chi connectivity index (χ2n) is 4.89. The van der Waals surface area contributed by atoms with Crippen molar-refractivity contribution in [3.8, 4) is 5.75 Å². The van der Waals surface area contributed by atoms with Gasteiger partial charge < -0.3 is 14.8 Å². The summed E-state index contributed by atoms with van der Waals surface area (Å²) in [6, 6.07) is 5.39. The molecule has 0 aliphatic carbocycles. The molecule has 0 unspecified atom stereocenters. The van der Waals surface area contributed by atoms with E-state index in [1.54, 1.807) is 25.3 Å². The van der Waals surface area contributed by atoms with Crippen LogP contribution in [-0.4, -0.2) is 35.5 Å². The first-order valence-electron chi connectivity index (χ1n) is 7.11. The quantitative estimate of drug-likeness (QED) is 0.503. The van der Waals surface area contributed by atoms with Gasteiger partial charge in [-0.15, -0.1) is 0 Å². The van der Waals surface area contributed by atoms with Crippen LogP contribution in [0.5, 0.6) is 5.75 Å². The number of nitrogens with one attached hydrogen (secondary N) is 1. The number of carbonyl (C=O) groups is 2. The monoisotopic (exact) mass is 334 g/mol. The van der Waals surface area contributed by atoms with Gasteiger partial charge in [0.25, 0.3) is 5.91 Å². The number of esters is 1. The Labute approximate surface area is 140 Å². The molecule has 2 rings (SSSR count). The van der Waals surface area contributed by atoms with E-state index in [0.29, 0.717) is 23.1 Å². The number of nitrogens with zero attached hydrogens (tertiary/aromatic N) is 1. The normalized spacial score (nSPS) is 15.8. The molecule has 1 saturated heterocycles. The van der Waals surface area contributed by atoms with E-state index in [0.717, 1.165) is 11.1 Å². The molecule has 1 N–H and O–H groups in total. The predicted octanol–water partition coefficient (Wildman–Crippen LogP) is 1.84. The van der Waals surface area contributed by atoms with Crippen molar-refractivity contribution in [2.45, 2.75) is 20.5 Å². The van der Waals surface area contributed by atoms with E-state index in [9.17, 15) is 9.59 Å². The Kier molecular flexibility index (Phi) is 5.33. The van der Waals surface area contributed by atoms with Gasteiger partial charge in [0.15, 0.2) is 5.11 Å². The molecule has 7 heteroatoms. The van der Waals surface area contributed by atoms with Crippen LogP contribution in [0, 0.1) is 0 Å². The molecule has 23 heavy (non-hydrogen) atoms. The fraction of sp³-hybridized carbons (Fsp3) is 0.312. The smallest absolute Gasteiger partial charge is 0.302 e. The van der Waals surface area contributed by atoms with Gasteiger partial charge in [0.2, 0.25) is 0 Å². The zero-order chi connectivity index (χ0) is 17.0. The largest absolute Gasteiger partial charge is 0.496 e. The molecule has 1 aliphatic heterocycles. The average molecular weight is 334 g/mol. The number of hydrogen-bond acceptors (Lipinski definition) is 5. The molecule has 6 nitrogen and oxygen atoms in total. The van der Waals surface area contributed by atoms with E-state index in [4.69, 9.17) is 21.7 Å². The van der Waals surface area contributed by atoms with Gasteiger partial charge in [-0.25, -0.2) is 0 Å². The first kappa shape index (κ1) is 17.0. The van der Waals surface area contributed by atoms with Gasteiger partial charge in [0.05, 0.1) is 7.11 Å². The first-order chi connectivity index (χ1) is 11.0. The Hall–Kier alpha value is -2.41. The number of thiocarbonyl (C=S) groups is 1. The maximum atomic E-state index is 12.2. The Bertz CT molecular complexity index is 685. The summed E-state index contributed by atoms with van der Waals surface area (Å²) in [6.07, 6.45) is 1.71. The summed E-state index contributed by atoms with van der Waals surface area (Å²) in [5.41, 5.74) is 1.92. The number of likely N-dealkylation sites (N-methyl/N-ethyl adjacent to an activating group) is 1. The number of carbonyl (C=O) groups excluding carboxylic acids is 2.